The van der Waals surface area contributed by atoms with Crippen LogP contribution in [0.5, 0.6) is 0 Å². The molecular formula is C14H22N2O. The van der Waals surface area contributed by atoms with Crippen LogP contribution in [-0.2, 0) is 4.74 Å². The van der Waals surface area contributed by atoms with Crippen molar-refractivity contribution >= 4 is 0 Å². The van der Waals surface area contributed by atoms with Gasteiger partial charge in [0.25, 0.3) is 0 Å². The lowest BCUT2D eigenvalue weighted by molar-refractivity contribution is -0.0321. The van der Waals surface area contributed by atoms with Gasteiger partial charge in [0.2, 0.25) is 0 Å². The van der Waals surface area contributed by atoms with Crippen molar-refractivity contribution in [2.75, 3.05) is 26.7 Å². The third-order valence-corrected chi connectivity index (χ3v) is 5.49. The molecule has 94 valence electrons. The number of hydrogen-bond donors (Lipinski definition) is 1. The minimum absolute atomic E-state index is 0.0687. The van der Waals surface area contributed by atoms with Crippen molar-refractivity contribution in [1.82, 2.24) is 10.2 Å². The van der Waals surface area contributed by atoms with Gasteiger partial charge in [-0.1, -0.05) is 12.2 Å². The number of ether oxygens (including phenoxy) is 1. The maximum atomic E-state index is 6.13. The highest BCUT2D eigenvalue weighted by Crippen LogP contribution is 2.50. The number of fused-ring (bicyclic) bond motifs is 1. The zero-order valence-electron chi connectivity index (χ0n) is 10.6. The SMILES string of the molecule is CN1CCC2(CC1)CC1C[C@@H]3C=C[C@]1(CN2)O3. The number of hydrogen-bond acceptors (Lipinski definition) is 3. The molecule has 4 rings (SSSR count). The number of likely N-dealkylation sites (tertiary alicyclic amines) is 1. The predicted octanol–water partition coefficient (Wildman–Crippen LogP) is 1.16. The molecule has 2 bridgehead atoms. The summed E-state index contributed by atoms with van der Waals surface area (Å²) < 4.78 is 6.13. The molecule has 3 fully saturated rings. The molecule has 2 spiro atoms. The van der Waals surface area contributed by atoms with E-state index in [2.05, 4.69) is 29.4 Å². The largest absolute Gasteiger partial charge is 0.362 e. The van der Waals surface area contributed by atoms with E-state index in [1.165, 1.54) is 38.8 Å². The van der Waals surface area contributed by atoms with E-state index in [9.17, 15) is 0 Å². The quantitative estimate of drug-likeness (QED) is 0.637. The standard InChI is InChI=1S/C14H22N2O/c1-16-6-4-13(5-7-16)9-11-8-12-2-3-14(11,17-12)10-15-13/h2-3,11-12,15H,4-10H2,1H3/t11?,12-,14+/m0/s1. The van der Waals surface area contributed by atoms with E-state index in [1.54, 1.807) is 0 Å². The van der Waals surface area contributed by atoms with Crippen LogP contribution >= 0.6 is 0 Å². The molecule has 0 aromatic heterocycles. The number of piperidine rings is 2. The van der Waals surface area contributed by atoms with Crippen LogP contribution in [0.25, 0.3) is 0 Å². The fourth-order valence-corrected chi connectivity index (χ4v) is 4.27. The van der Waals surface area contributed by atoms with Gasteiger partial charge in [-0.25, -0.2) is 0 Å². The van der Waals surface area contributed by atoms with Gasteiger partial charge < -0.3 is 15.0 Å². The molecule has 3 saturated heterocycles. The topological polar surface area (TPSA) is 24.5 Å². The normalized spacial score (nSPS) is 47.6. The Labute approximate surface area is 103 Å². The van der Waals surface area contributed by atoms with E-state index >= 15 is 0 Å². The summed E-state index contributed by atoms with van der Waals surface area (Å²) in [7, 11) is 2.24. The second kappa shape index (κ2) is 3.34. The highest BCUT2D eigenvalue weighted by molar-refractivity contribution is 5.24. The lowest BCUT2D eigenvalue weighted by Gasteiger charge is -2.50. The van der Waals surface area contributed by atoms with E-state index in [0.717, 1.165) is 12.5 Å². The maximum Gasteiger partial charge on any atom is 0.102 e. The highest BCUT2D eigenvalue weighted by atomic mass is 16.5. The third-order valence-electron chi connectivity index (χ3n) is 5.49. The first kappa shape index (κ1) is 10.5. The van der Waals surface area contributed by atoms with Crippen molar-refractivity contribution in [2.45, 2.75) is 42.9 Å². The van der Waals surface area contributed by atoms with Crippen molar-refractivity contribution in [3.63, 3.8) is 0 Å². The summed E-state index contributed by atoms with van der Waals surface area (Å²) in [6.45, 7) is 3.52. The first-order chi connectivity index (χ1) is 8.20. The Kier molecular flexibility index (Phi) is 2.07. The zero-order chi connectivity index (χ0) is 11.5. The highest BCUT2D eigenvalue weighted by Gasteiger charge is 2.56. The monoisotopic (exact) mass is 234 g/mol. The van der Waals surface area contributed by atoms with Crippen molar-refractivity contribution in [3.8, 4) is 0 Å². The Hall–Kier alpha value is -0.380. The summed E-state index contributed by atoms with van der Waals surface area (Å²) in [6, 6.07) is 0. The Morgan fingerprint density at radius 2 is 2.18 bits per heavy atom. The first-order valence-corrected chi connectivity index (χ1v) is 7.01. The molecule has 17 heavy (non-hydrogen) atoms. The van der Waals surface area contributed by atoms with Crippen LogP contribution in [-0.4, -0.2) is 48.8 Å². The molecule has 1 unspecified atom stereocenters. The molecule has 0 aliphatic carbocycles. The van der Waals surface area contributed by atoms with E-state index in [4.69, 9.17) is 4.74 Å². The van der Waals surface area contributed by atoms with Crippen molar-refractivity contribution in [1.29, 1.82) is 0 Å². The lowest BCUT2D eigenvalue weighted by Crippen LogP contribution is -2.63. The lowest BCUT2D eigenvalue weighted by atomic mass is 9.68. The van der Waals surface area contributed by atoms with Crippen LogP contribution in [0.15, 0.2) is 12.2 Å². The Balaban J connectivity index is 1.54. The van der Waals surface area contributed by atoms with Gasteiger partial charge in [0, 0.05) is 12.1 Å². The van der Waals surface area contributed by atoms with E-state index < -0.39 is 0 Å². The Morgan fingerprint density at radius 1 is 1.35 bits per heavy atom. The van der Waals surface area contributed by atoms with Crippen LogP contribution < -0.4 is 5.32 Å². The molecule has 3 atom stereocenters. The molecule has 4 heterocycles. The van der Waals surface area contributed by atoms with E-state index in [0.29, 0.717) is 11.6 Å². The van der Waals surface area contributed by atoms with Gasteiger partial charge in [0.15, 0.2) is 0 Å². The molecule has 4 aliphatic heterocycles. The minimum atomic E-state index is 0.0687. The molecule has 0 aromatic rings. The summed E-state index contributed by atoms with van der Waals surface area (Å²) in [6.07, 6.45) is 10.2. The summed E-state index contributed by atoms with van der Waals surface area (Å²) in [5.41, 5.74) is 0.489. The predicted molar refractivity (Wildman–Crippen MR) is 66.9 cm³/mol. The van der Waals surface area contributed by atoms with E-state index in [1.807, 2.05) is 0 Å². The smallest absolute Gasteiger partial charge is 0.102 e. The van der Waals surface area contributed by atoms with Gasteiger partial charge in [-0.2, -0.15) is 0 Å². The van der Waals surface area contributed by atoms with Crippen molar-refractivity contribution in [2.24, 2.45) is 5.92 Å². The summed E-state index contributed by atoms with van der Waals surface area (Å²) >= 11 is 0. The summed E-state index contributed by atoms with van der Waals surface area (Å²) in [4.78, 5) is 2.45. The van der Waals surface area contributed by atoms with Gasteiger partial charge in [-0.3, -0.25) is 0 Å². The van der Waals surface area contributed by atoms with Crippen molar-refractivity contribution in [3.05, 3.63) is 12.2 Å². The van der Waals surface area contributed by atoms with Crippen molar-refractivity contribution < 1.29 is 4.74 Å². The fraction of sp³-hybridized carbons (Fsp3) is 0.857. The number of nitrogens with zero attached hydrogens (tertiary/aromatic N) is 1. The molecule has 0 radical (unpaired) electrons. The minimum Gasteiger partial charge on any atom is -0.362 e. The van der Waals surface area contributed by atoms with Gasteiger partial charge >= 0.3 is 0 Å². The van der Waals surface area contributed by atoms with Gasteiger partial charge in [0.1, 0.15) is 5.60 Å². The second-order valence-corrected chi connectivity index (χ2v) is 6.54. The average Bonchev–Trinajstić information content (AvgIpc) is 2.89. The Morgan fingerprint density at radius 3 is 2.94 bits per heavy atom. The number of nitrogens with one attached hydrogen (secondary N) is 1. The van der Waals surface area contributed by atoms with Crippen LogP contribution in [0.4, 0.5) is 0 Å². The molecule has 0 aromatic carbocycles. The third kappa shape index (κ3) is 1.46. The summed E-state index contributed by atoms with van der Waals surface area (Å²) in [5.74, 6) is 0.766. The molecule has 0 saturated carbocycles. The van der Waals surface area contributed by atoms with Crippen LogP contribution in [0, 0.1) is 5.92 Å². The molecule has 3 heteroatoms. The molecule has 3 nitrogen and oxygen atoms in total. The van der Waals surface area contributed by atoms with Gasteiger partial charge in [-0.05, 0) is 51.7 Å². The maximum absolute atomic E-state index is 6.13. The zero-order valence-corrected chi connectivity index (χ0v) is 10.6. The number of rotatable bonds is 0. The van der Waals surface area contributed by atoms with Crippen LogP contribution in [0.3, 0.4) is 0 Å². The second-order valence-electron chi connectivity index (χ2n) is 6.54. The van der Waals surface area contributed by atoms with E-state index in [-0.39, 0.29) is 5.60 Å². The Bertz CT molecular complexity index is 359. The first-order valence-electron chi connectivity index (χ1n) is 7.01. The van der Waals surface area contributed by atoms with Crippen LogP contribution in [0.1, 0.15) is 25.7 Å². The summed E-state index contributed by atoms with van der Waals surface area (Å²) in [5, 5.41) is 3.84. The molecule has 4 aliphatic rings. The fourth-order valence-electron chi connectivity index (χ4n) is 4.27. The van der Waals surface area contributed by atoms with Gasteiger partial charge in [0.05, 0.1) is 6.10 Å². The van der Waals surface area contributed by atoms with Crippen LogP contribution in [0.2, 0.25) is 0 Å². The molecule has 0 amide bonds. The average molecular weight is 234 g/mol. The van der Waals surface area contributed by atoms with Gasteiger partial charge in [-0.15, -0.1) is 0 Å². The molecular weight excluding hydrogens is 212 g/mol. The molecule has 1 N–H and O–H groups in total.